The van der Waals surface area contributed by atoms with Crippen LogP contribution in [0.1, 0.15) is 20.3 Å². The van der Waals surface area contributed by atoms with Gasteiger partial charge in [0.25, 0.3) is 0 Å². The van der Waals surface area contributed by atoms with Gasteiger partial charge in [-0.3, -0.25) is 4.55 Å². The van der Waals surface area contributed by atoms with Gasteiger partial charge >= 0.3 is 10.4 Å². The lowest BCUT2D eigenvalue weighted by molar-refractivity contribution is 0.216. The van der Waals surface area contributed by atoms with Crippen LogP contribution < -0.4 is 4.72 Å². The molecule has 2 N–H and O–H groups in total. The third-order valence-corrected chi connectivity index (χ3v) is 5.35. The van der Waals surface area contributed by atoms with Gasteiger partial charge in [0.05, 0.1) is 11.5 Å². The Morgan fingerprint density at radius 2 is 1.77 bits per heavy atom. The Morgan fingerprint density at radius 1 is 1.23 bits per heavy atom. The van der Waals surface area contributed by atoms with E-state index in [2.05, 4.69) is 8.91 Å². The summed E-state index contributed by atoms with van der Waals surface area (Å²) in [6.45, 7) is 3.06. The van der Waals surface area contributed by atoms with Crippen LogP contribution in [0.2, 0.25) is 5.02 Å². The van der Waals surface area contributed by atoms with E-state index < -0.39 is 33.1 Å². The molecule has 0 aliphatic carbocycles. The minimum atomic E-state index is -4.64. The van der Waals surface area contributed by atoms with E-state index in [1.807, 2.05) is 6.92 Å². The molecule has 1 aromatic carbocycles. The first kappa shape index (κ1) is 19.3. The Morgan fingerprint density at radius 3 is 2.23 bits per heavy atom. The van der Waals surface area contributed by atoms with Crippen LogP contribution >= 0.6 is 11.6 Å². The molecule has 0 saturated heterocycles. The zero-order chi connectivity index (χ0) is 17.0. The summed E-state index contributed by atoms with van der Waals surface area (Å²) in [6, 6.07) is 4.73. The fourth-order valence-electron chi connectivity index (χ4n) is 1.64. The fourth-order valence-corrected chi connectivity index (χ4v) is 3.41. The first-order valence-electron chi connectivity index (χ1n) is 6.45. The predicted molar refractivity (Wildman–Crippen MR) is 82.5 cm³/mol. The van der Waals surface area contributed by atoms with Gasteiger partial charge in [0.1, 0.15) is 0 Å². The van der Waals surface area contributed by atoms with Crippen molar-refractivity contribution >= 4 is 32.0 Å². The van der Waals surface area contributed by atoms with Crippen LogP contribution in [-0.4, -0.2) is 34.0 Å². The van der Waals surface area contributed by atoms with Crippen molar-refractivity contribution in [1.29, 1.82) is 0 Å². The summed E-state index contributed by atoms with van der Waals surface area (Å²) in [6.07, 6.45) is 0.586. The van der Waals surface area contributed by atoms with Crippen molar-refractivity contribution in [3.05, 3.63) is 29.3 Å². The van der Waals surface area contributed by atoms with Crippen molar-refractivity contribution < 1.29 is 25.6 Å². The van der Waals surface area contributed by atoms with Gasteiger partial charge in [-0.05, 0) is 30.2 Å². The summed E-state index contributed by atoms with van der Waals surface area (Å²) in [4.78, 5) is -0.00272. The van der Waals surface area contributed by atoms with Crippen LogP contribution in [0.25, 0.3) is 0 Å². The topological polar surface area (TPSA) is 110 Å². The number of sulfonamides is 1. The molecule has 0 fully saturated rings. The molecule has 0 aliphatic rings. The zero-order valence-electron chi connectivity index (χ0n) is 12.1. The molecular formula is C12H18ClNO6S2. The largest absolute Gasteiger partial charge is 0.397 e. The molecule has 0 bridgehead atoms. The van der Waals surface area contributed by atoms with Gasteiger partial charge in [0.2, 0.25) is 10.0 Å². The van der Waals surface area contributed by atoms with Gasteiger partial charge in [0.15, 0.2) is 0 Å². The van der Waals surface area contributed by atoms with E-state index in [-0.39, 0.29) is 10.8 Å². The summed E-state index contributed by atoms with van der Waals surface area (Å²) < 4.78 is 61.2. The number of hydrogen-bond donors (Lipinski definition) is 2. The van der Waals surface area contributed by atoms with Gasteiger partial charge in [-0.25, -0.2) is 17.3 Å². The molecule has 0 heterocycles. The monoisotopic (exact) mass is 371 g/mol. The Bertz CT molecular complexity index is 687. The lowest BCUT2D eigenvalue weighted by Gasteiger charge is -2.23. The second-order valence-electron chi connectivity index (χ2n) is 4.78. The highest BCUT2D eigenvalue weighted by Crippen LogP contribution is 2.17. The third kappa shape index (κ3) is 6.19. The van der Waals surface area contributed by atoms with Gasteiger partial charge in [-0.15, -0.1) is 0 Å². The zero-order valence-corrected chi connectivity index (χ0v) is 14.5. The highest BCUT2D eigenvalue weighted by atomic mass is 35.5. The maximum atomic E-state index is 12.3. The van der Waals surface area contributed by atoms with Crippen molar-refractivity contribution in [2.45, 2.75) is 31.2 Å². The summed E-state index contributed by atoms with van der Waals surface area (Å²) >= 11 is 5.71. The van der Waals surface area contributed by atoms with E-state index in [1.54, 1.807) is 6.92 Å². The lowest BCUT2D eigenvalue weighted by Crippen LogP contribution is -2.42. The predicted octanol–water partition coefficient (Wildman–Crippen LogP) is 1.85. The van der Waals surface area contributed by atoms with Gasteiger partial charge in [-0.2, -0.15) is 8.42 Å². The number of rotatable bonds is 8. The second-order valence-corrected chi connectivity index (χ2v) is 8.02. The van der Waals surface area contributed by atoms with Crippen LogP contribution in [0, 0.1) is 5.92 Å². The van der Waals surface area contributed by atoms with E-state index in [4.69, 9.17) is 16.2 Å². The minimum absolute atomic E-state index is 0.00272. The molecule has 0 aromatic heterocycles. The Hall–Kier alpha value is -0.710. The van der Waals surface area contributed by atoms with E-state index in [1.165, 1.54) is 24.3 Å². The molecule has 0 aliphatic heterocycles. The smallest absolute Gasteiger partial charge is 0.264 e. The molecule has 10 heteroatoms. The SMILES string of the molecule is CC[C@H](C)[C@@H](COS(=O)(=O)O)NS(=O)(=O)c1ccc(Cl)cc1. The number of benzene rings is 1. The molecule has 0 amide bonds. The molecule has 1 rings (SSSR count). The van der Waals surface area contributed by atoms with Crippen molar-refractivity contribution in [2.24, 2.45) is 5.92 Å². The number of hydrogen-bond acceptors (Lipinski definition) is 5. The van der Waals surface area contributed by atoms with Crippen LogP contribution in [0.3, 0.4) is 0 Å². The Balaban J connectivity index is 2.94. The van der Waals surface area contributed by atoms with Gasteiger partial charge < -0.3 is 0 Å². The maximum Gasteiger partial charge on any atom is 0.397 e. The first-order valence-corrected chi connectivity index (χ1v) is 9.67. The molecule has 2 atom stereocenters. The molecule has 1 aromatic rings. The van der Waals surface area contributed by atoms with Crippen LogP contribution in [0.4, 0.5) is 0 Å². The Kier molecular flexibility index (Phi) is 6.78. The molecule has 22 heavy (non-hydrogen) atoms. The molecule has 126 valence electrons. The molecule has 0 saturated carbocycles. The Labute approximate surface area is 135 Å². The molecular weight excluding hydrogens is 354 g/mol. The molecule has 0 unspecified atom stereocenters. The quantitative estimate of drug-likeness (QED) is 0.675. The highest BCUT2D eigenvalue weighted by molar-refractivity contribution is 7.89. The molecule has 7 nitrogen and oxygen atoms in total. The average Bonchev–Trinajstić information content (AvgIpc) is 2.42. The van der Waals surface area contributed by atoms with E-state index in [0.29, 0.717) is 11.4 Å². The summed E-state index contributed by atoms with van der Waals surface area (Å²) in [5, 5.41) is 0.395. The van der Waals surface area contributed by atoms with Crippen molar-refractivity contribution in [1.82, 2.24) is 4.72 Å². The standard InChI is InChI=1S/C12H18ClNO6S2/c1-3-9(2)12(8-20-22(17,18)19)14-21(15,16)11-6-4-10(13)5-7-11/h4-7,9,12,14H,3,8H2,1-2H3,(H,17,18,19)/t9-,12+/m0/s1. The molecule has 0 spiro atoms. The number of halogens is 1. The van der Waals surface area contributed by atoms with Crippen molar-refractivity contribution in [3.63, 3.8) is 0 Å². The summed E-state index contributed by atoms with van der Waals surface area (Å²) in [5.41, 5.74) is 0. The van der Waals surface area contributed by atoms with Crippen molar-refractivity contribution in [2.75, 3.05) is 6.61 Å². The van der Waals surface area contributed by atoms with Gasteiger partial charge in [0, 0.05) is 11.1 Å². The fraction of sp³-hybridized carbons (Fsp3) is 0.500. The van der Waals surface area contributed by atoms with Crippen LogP contribution in [-0.2, 0) is 24.6 Å². The minimum Gasteiger partial charge on any atom is -0.264 e. The van der Waals surface area contributed by atoms with Crippen LogP contribution in [0.15, 0.2) is 29.2 Å². The van der Waals surface area contributed by atoms with E-state index >= 15 is 0 Å². The van der Waals surface area contributed by atoms with E-state index in [9.17, 15) is 16.8 Å². The summed E-state index contributed by atoms with van der Waals surface area (Å²) in [5.74, 6) is -0.205. The average molecular weight is 372 g/mol. The second kappa shape index (κ2) is 7.71. The maximum absolute atomic E-state index is 12.3. The van der Waals surface area contributed by atoms with Crippen molar-refractivity contribution in [3.8, 4) is 0 Å². The summed E-state index contributed by atoms with van der Waals surface area (Å²) in [7, 11) is -8.50. The van der Waals surface area contributed by atoms with Crippen LogP contribution in [0.5, 0.6) is 0 Å². The third-order valence-electron chi connectivity index (χ3n) is 3.16. The van der Waals surface area contributed by atoms with Gasteiger partial charge in [-0.1, -0.05) is 31.9 Å². The first-order chi connectivity index (χ1) is 10.0. The normalized spacial score (nSPS) is 15.5. The highest BCUT2D eigenvalue weighted by Gasteiger charge is 2.25. The number of nitrogens with one attached hydrogen (secondary N) is 1. The van der Waals surface area contributed by atoms with E-state index in [0.717, 1.165) is 0 Å². The molecule has 0 radical (unpaired) electrons. The lowest BCUT2D eigenvalue weighted by atomic mass is 10.0.